The van der Waals surface area contributed by atoms with Crippen LogP contribution in [0.15, 0.2) is 0 Å². The number of carbonyl (C=O) groups is 1. The molecule has 0 aliphatic carbocycles. The van der Waals surface area contributed by atoms with Crippen molar-refractivity contribution < 1.29 is 14.6 Å². The van der Waals surface area contributed by atoms with Crippen molar-refractivity contribution in [1.29, 1.82) is 0 Å². The summed E-state index contributed by atoms with van der Waals surface area (Å²) >= 11 is 0. The van der Waals surface area contributed by atoms with Crippen LogP contribution in [0.1, 0.15) is 20.8 Å². The second-order valence-corrected chi connectivity index (χ2v) is 3.22. The molecule has 64 valence electrons. The third kappa shape index (κ3) is 7.17. The zero-order chi connectivity index (χ0) is 9.78. The van der Waals surface area contributed by atoms with Crippen molar-refractivity contribution in [2.75, 3.05) is 0 Å². The molecule has 0 fully saturated rings. The monoisotopic (exact) mass is 166 g/mol. The lowest BCUT2D eigenvalue weighted by molar-refractivity contribution is -0.147. The second-order valence-electron chi connectivity index (χ2n) is 3.22. The molecule has 1 atom stereocenters. The molecule has 0 aromatic rings. The molecule has 0 aliphatic heterocycles. The van der Waals surface area contributed by atoms with Gasteiger partial charge in [-0.15, -0.1) is 0 Å². The van der Waals surface area contributed by atoms with E-state index in [0.717, 1.165) is 0 Å². The van der Waals surface area contributed by atoms with Gasteiger partial charge >= 0.3 is 5.97 Å². The Labute approximate surface area is 73.5 Å². The molecule has 2 radical (unpaired) electrons. The number of aliphatic hydroxyl groups is 1. The quantitative estimate of drug-likeness (QED) is 0.235. The lowest BCUT2D eigenvalue weighted by Crippen LogP contribution is -2.23. The van der Waals surface area contributed by atoms with E-state index >= 15 is 0 Å². The van der Waals surface area contributed by atoms with Crippen LogP contribution in [0.3, 0.4) is 0 Å². The van der Waals surface area contributed by atoms with E-state index in [0.29, 0.717) is 0 Å². The molecule has 0 aromatic heterocycles. The molecular formula is C8H11BO3. The van der Waals surface area contributed by atoms with Crippen LogP contribution >= 0.6 is 0 Å². The summed E-state index contributed by atoms with van der Waals surface area (Å²) in [6.07, 6.45) is 0. The first kappa shape index (κ1) is 11.1. The number of esters is 1. The Bertz CT molecular complexity index is 217. The smallest absolute Gasteiger partial charge is 0.384 e. The van der Waals surface area contributed by atoms with Crippen molar-refractivity contribution in [3.05, 3.63) is 0 Å². The van der Waals surface area contributed by atoms with E-state index in [9.17, 15) is 4.79 Å². The van der Waals surface area contributed by atoms with Gasteiger partial charge in [0, 0.05) is 5.92 Å². The van der Waals surface area contributed by atoms with Gasteiger partial charge in [0.15, 0.2) is 0 Å². The van der Waals surface area contributed by atoms with Crippen LogP contribution in [-0.2, 0) is 9.53 Å². The third-order valence-electron chi connectivity index (χ3n) is 0.721. The number of aliphatic hydroxyl groups excluding tert-OH is 1. The predicted octanol–water partition coefficient (Wildman–Crippen LogP) is -0.182. The van der Waals surface area contributed by atoms with Crippen molar-refractivity contribution in [3.63, 3.8) is 0 Å². The number of hydrogen-bond acceptors (Lipinski definition) is 3. The van der Waals surface area contributed by atoms with Crippen LogP contribution in [0.25, 0.3) is 0 Å². The molecule has 1 N–H and O–H groups in total. The summed E-state index contributed by atoms with van der Waals surface area (Å²) in [7, 11) is 4.88. The zero-order valence-corrected chi connectivity index (χ0v) is 7.42. The van der Waals surface area contributed by atoms with Crippen LogP contribution in [0.4, 0.5) is 0 Å². The van der Waals surface area contributed by atoms with Crippen molar-refractivity contribution in [2.45, 2.75) is 32.4 Å². The van der Waals surface area contributed by atoms with Crippen molar-refractivity contribution in [1.82, 2.24) is 0 Å². The van der Waals surface area contributed by atoms with E-state index in [1.165, 1.54) is 0 Å². The molecule has 3 nitrogen and oxygen atoms in total. The summed E-state index contributed by atoms with van der Waals surface area (Å²) < 4.78 is 4.81. The van der Waals surface area contributed by atoms with Crippen LogP contribution in [0, 0.1) is 11.8 Å². The topological polar surface area (TPSA) is 46.5 Å². The van der Waals surface area contributed by atoms with Crippen LogP contribution in [0.2, 0.25) is 0 Å². The predicted molar refractivity (Wildman–Crippen MR) is 45.4 cm³/mol. The van der Waals surface area contributed by atoms with E-state index in [1.807, 2.05) is 0 Å². The highest BCUT2D eigenvalue weighted by Gasteiger charge is 2.14. The first-order valence-corrected chi connectivity index (χ1v) is 3.49. The highest BCUT2D eigenvalue weighted by atomic mass is 16.6. The summed E-state index contributed by atoms with van der Waals surface area (Å²) in [5, 5.41) is 8.50. The number of carbonyl (C=O) groups excluding carboxylic acids is 1. The molecule has 0 aromatic carbocycles. The van der Waals surface area contributed by atoms with Crippen molar-refractivity contribution >= 4 is 13.8 Å². The van der Waals surface area contributed by atoms with E-state index in [2.05, 4.69) is 11.8 Å². The Kier molecular flexibility index (Phi) is 3.84. The van der Waals surface area contributed by atoms with Gasteiger partial charge in [0.05, 0.1) is 6.00 Å². The number of hydrogen-bond donors (Lipinski definition) is 1. The third-order valence-corrected chi connectivity index (χ3v) is 0.721. The van der Waals surface area contributed by atoms with Gasteiger partial charge in [-0.3, -0.25) is 0 Å². The first-order valence-electron chi connectivity index (χ1n) is 3.49. The minimum absolute atomic E-state index is 0.564. The van der Waals surface area contributed by atoms with Crippen LogP contribution in [0.5, 0.6) is 0 Å². The van der Waals surface area contributed by atoms with Gasteiger partial charge in [0.2, 0.25) is 0 Å². The van der Waals surface area contributed by atoms with Crippen LogP contribution in [-0.4, -0.2) is 30.5 Å². The minimum Gasteiger partial charge on any atom is -0.450 e. The van der Waals surface area contributed by atoms with Gasteiger partial charge in [-0.1, -0.05) is 5.92 Å². The maximum atomic E-state index is 10.8. The Morgan fingerprint density at radius 3 is 2.42 bits per heavy atom. The molecule has 12 heavy (non-hydrogen) atoms. The maximum Gasteiger partial charge on any atom is 0.384 e. The Balaban J connectivity index is 4.02. The first-order chi connectivity index (χ1) is 5.31. The van der Waals surface area contributed by atoms with E-state index in [1.54, 1.807) is 20.8 Å². The molecule has 0 bridgehead atoms. The molecule has 1 unspecified atom stereocenters. The lowest BCUT2D eigenvalue weighted by Gasteiger charge is -2.16. The van der Waals surface area contributed by atoms with Gasteiger partial charge < -0.3 is 9.84 Å². The van der Waals surface area contributed by atoms with Gasteiger partial charge in [0.25, 0.3) is 0 Å². The zero-order valence-electron chi connectivity index (χ0n) is 7.42. The summed E-state index contributed by atoms with van der Waals surface area (Å²) in [5.41, 5.74) is -0.564. The highest BCUT2D eigenvalue weighted by Crippen LogP contribution is 2.05. The van der Waals surface area contributed by atoms with E-state index in [-0.39, 0.29) is 0 Å². The normalized spacial score (nSPS) is 12.7. The fraction of sp³-hybridized carbons (Fsp3) is 0.625. The summed E-state index contributed by atoms with van der Waals surface area (Å²) in [5.74, 6) is 3.44. The Morgan fingerprint density at radius 1 is 1.58 bits per heavy atom. The van der Waals surface area contributed by atoms with Gasteiger partial charge in [-0.05, 0) is 20.8 Å². The van der Waals surface area contributed by atoms with Gasteiger partial charge in [-0.2, -0.15) is 0 Å². The molecule has 0 saturated heterocycles. The van der Waals surface area contributed by atoms with Crippen LogP contribution < -0.4 is 0 Å². The second kappa shape index (κ2) is 4.17. The van der Waals surface area contributed by atoms with Gasteiger partial charge in [-0.25, -0.2) is 4.79 Å². The SMILES string of the molecule is [B]C(O)C#CC(=O)OC(C)(C)C. The molecule has 0 heterocycles. The molecule has 0 spiro atoms. The van der Waals surface area contributed by atoms with Crippen molar-refractivity contribution in [3.8, 4) is 11.8 Å². The Morgan fingerprint density at radius 2 is 2.08 bits per heavy atom. The van der Waals surface area contributed by atoms with Crippen molar-refractivity contribution in [2.24, 2.45) is 0 Å². The Hall–Kier alpha value is -0.945. The van der Waals surface area contributed by atoms with Gasteiger partial charge in [0.1, 0.15) is 13.4 Å². The largest absolute Gasteiger partial charge is 0.450 e. The van der Waals surface area contributed by atoms with E-state index in [4.69, 9.17) is 17.7 Å². The number of ether oxygens (including phenoxy) is 1. The molecule has 0 aliphatic rings. The summed E-state index contributed by atoms with van der Waals surface area (Å²) in [4.78, 5) is 10.8. The summed E-state index contributed by atoms with van der Waals surface area (Å²) in [6, 6.07) is -1.29. The fourth-order valence-electron chi connectivity index (χ4n) is 0.436. The molecule has 0 saturated carbocycles. The average molecular weight is 166 g/mol. The molecular weight excluding hydrogens is 155 g/mol. The maximum absolute atomic E-state index is 10.8. The molecule has 0 rings (SSSR count). The minimum atomic E-state index is -1.29. The molecule has 4 heteroatoms. The molecule has 0 amide bonds. The summed E-state index contributed by atoms with van der Waals surface area (Å²) in [6.45, 7) is 5.18. The average Bonchev–Trinajstić information content (AvgIpc) is 1.79. The fourth-order valence-corrected chi connectivity index (χ4v) is 0.436. The van der Waals surface area contributed by atoms with E-state index < -0.39 is 17.6 Å². The highest BCUT2D eigenvalue weighted by molar-refractivity contribution is 6.13. The standard InChI is InChI=1S/C8H11BO3/c1-8(2,3)12-7(11)5-4-6(9)10/h6,10H,1-3H3. The number of rotatable bonds is 0. The lowest BCUT2D eigenvalue weighted by atomic mass is 10.0.